The molecule has 1 saturated heterocycles. The lowest BCUT2D eigenvalue weighted by Crippen LogP contribution is -2.40. The molecule has 0 spiro atoms. The molecular formula is C26H32FN3O4. The van der Waals surface area contributed by atoms with Crippen molar-refractivity contribution in [3.8, 4) is 22.6 Å². The molecule has 0 radical (unpaired) electrons. The topological polar surface area (TPSA) is 75.8 Å². The average Bonchev–Trinajstić information content (AvgIpc) is 2.87. The second kappa shape index (κ2) is 11.5. The van der Waals surface area contributed by atoms with Crippen LogP contribution >= 0.6 is 0 Å². The first-order chi connectivity index (χ1) is 16.6. The van der Waals surface area contributed by atoms with Crippen LogP contribution in [0.15, 0.2) is 41.2 Å². The Bertz CT molecular complexity index is 1160. The van der Waals surface area contributed by atoms with Crippen LogP contribution in [0.5, 0.6) is 11.5 Å². The maximum Gasteiger partial charge on any atom is 0.200 e. The quantitative estimate of drug-likeness (QED) is 0.443. The van der Waals surface area contributed by atoms with E-state index < -0.39 is 5.82 Å². The number of pyridine rings is 1. The van der Waals surface area contributed by atoms with E-state index in [-0.39, 0.29) is 10.8 Å². The Kier molecular flexibility index (Phi) is 8.16. The predicted octanol–water partition coefficient (Wildman–Crippen LogP) is 3.55. The number of aromatic amines is 1. The molecule has 2 aromatic carbocycles. The fraction of sp³-hybridized carbons (Fsp3) is 0.423. The van der Waals surface area contributed by atoms with Gasteiger partial charge in [0.15, 0.2) is 0 Å². The first-order valence-electron chi connectivity index (χ1n) is 11.8. The van der Waals surface area contributed by atoms with Crippen LogP contribution in [0.1, 0.15) is 19.0 Å². The smallest absolute Gasteiger partial charge is 0.200 e. The number of nitrogens with one attached hydrogen (secondary N) is 2. The minimum Gasteiger partial charge on any atom is -0.497 e. The normalized spacial score (nSPS) is 14.4. The SMILES string of the molecule is CCCOc1ccc(F)c2c(=O)c(-c3ccc(OC)cc3)c(CNCCN3CCOCC3)[nH]c12. The molecule has 1 aliphatic heterocycles. The van der Waals surface area contributed by atoms with Crippen molar-refractivity contribution in [2.45, 2.75) is 19.9 Å². The lowest BCUT2D eigenvalue weighted by molar-refractivity contribution is 0.0384. The second-order valence-corrected chi connectivity index (χ2v) is 8.31. The highest BCUT2D eigenvalue weighted by Gasteiger charge is 2.19. The summed E-state index contributed by atoms with van der Waals surface area (Å²) in [7, 11) is 1.59. The summed E-state index contributed by atoms with van der Waals surface area (Å²) in [6.45, 7) is 7.91. The van der Waals surface area contributed by atoms with E-state index in [1.807, 2.05) is 19.1 Å². The molecule has 34 heavy (non-hydrogen) atoms. The van der Waals surface area contributed by atoms with E-state index in [1.165, 1.54) is 6.07 Å². The zero-order chi connectivity index (χ0) is 23.9. The molecule has 0 atom stereocenters. The average molecular weight is 470 g/mol. The number of fused-ring (bicyclic) bond motifs is 1. The Labute approximate surface area is 198 Å². The monoisotopic (exact) mass is 469 g/mol. The fourth-order valence-electron chi connectivity index (χ4n) is 4.18. The van der Waals surface area contributed by atoms with Gasteiger partial charge in [0, 0.05) is 38.4 Å². The van der Waals surface area contributed by atoms with Crippen LogP contribution in [0.25, 0.3) is 22.0 Å². The first-order valence-corrected chi connectivity index (χ1v) is 11.8. The fourth-order valence-corrected chi connectivity index (χ4v) is 4.18. The summed E-state index contributed by atoms with van der Waals surface area (Å²) in [5.74, 6) is 0.598. The molecule has 2 N–H and O–H groups in total. The summed E-state index contributed by atoms with van der Waals surface area (Å²) in [5, 5.41) is 3.45. The summed E-state index contributed by atoms with van der Waals surface area (Å²) >= 11 is 0. The number of halogens is 1. The van der Waals surface area contributed by atoms with Crippen molar-refractivity contribution in [1.29, 1.82) is 0 Å². The van der Waals surface area contributed by atoms with E-state index in [0.29, 0.717) is 47.0 Å². The van der Waals surface area contributed by atoms with Crippen LogP contribution in [0.2, 0.25) is 0 Å². The Morgan fingerprint density at radius 1 is 1.15 bits per heavy atom. The Balaban J connectivity index is 1.70. The molecule has 2 heterocycles. The van der Waals surface area contributed by atoms with Crippen LogP contribution in [-0.4, -0.2) is 63.0 Å². The van der Waals surface area contributed by atoms with Gasteiger partial charge in [-0.05, 0) is 36.2 Å². The van der Waals surface area contributed by atoms with Gasteiger partial charge in [-0.3, -0.25) is 9.69 Å². The van der Waals surface area contributed by atoms with Crippen molar-refractivity contribution in [1.82, 2.24) is 15.2 Å². The molecule has 0 bridgehead atoms. The minimum atomic E-state index is -0.568. The van der Waals surface area contributed by atoms with Gasteiger partial charge in [-0.25, -0.2) is 4.39 Å². The van der Waals surface area contributed by atoms with Gasteiger partial charge < -0.3 is 24.5 Å². The van der Waals surface area contributed by atoms with Crippen LogP contribution < -0.4 is 20.2 Å². The number of morpholine rings is 1. The number of methoxy groups -OCH3 is 1. The predicted molar refractivity (Wildman–Crippen MR) is 131 cm³/mol. The van der Waals surface area contributed by atoms with Gasteiger partial charge in [0.2, 0.25) is 5.43 Å². The summed E-state index contributed by atoms with van der Waals surface area (Å²) in [4.78, 5) is 19.3. The zero-order valence-corrected chi connectivity index (χ0v) is 19.8. The van der Waals surface area contributed by atoms with Gasteiger partial charge in [-0.15, -0.1) is 0 Å². The molecule has 7 nitrogen and oxygen atoms in total. The molecule has 4 rings (SSSR count). The van der Waals surface area contributed by atoms with Gasteiger partial charge in [-0.2, -0.15) is 0 Å². The number of nitrogens with zero attached hydrogens (tertiary/aromatic N) is 1. The van der Waals surface area contributed by atoms with Crippen molar-refractivity contribution in [3.05, 3.63) is 58.1 Å². The third kappa shape index (κ3) is 5.41. The van der Waals surface area contributed by atoms with E-state index >= 15 is 0 Å². The Morgan fingerprint density at radius 2 is 1.91 bits per heavy atom. The summed E-state index contributed by atoms with van der Waals surface area (Å²) in [6.07, 6.45) is 0.809. The summed E-state index contributed by atoms with van der Waals surface area (Å²) in [6, 6.07) is 10.1. The lowest BCUT2D eigenvalue weighted by atomic mass is 9.99. The molecule has 1 aliphatic rings. The molecule has 182 valence electrons. The largest absolute Gasteiger partial charge is 0.497 e. The lowest BCUT2D eigenvalue weighted by Gasteiger charge is -2.26. The van der Waals surface area contributed by atoms with Gasteiger partial charge in [0.1, 0.15) is 17.3 Å². The third-order valence-electron chi connectivity index (χ3n) is 6.00. The Morgan fingerprint density at radius 3 is 2.62 bits per heavy atom. The molecule has 0 unspecified atom stereocenters. The van der Waals surface area contributed by atoms with E-state index in [2.05, 4.69) is 15.2 Å². The highest BCUT2D eigenvalue weighted by molar-refractivity contribution is 5.89. The number of hydrogen-bond donors (Lipinski definition) is 2. The molecule has 0 amide bonds. The number of aromatic nitrogens is 1. The maximum absolute atomic E-state index is 14.9. The first kappa shape index (κ1) is 24.2. The number of rotatable bonds is 10. The van der Waals surface area contributed by atoms with Crippen LogP contribution in [0, 0.1) is 5.82 Å². The summed E-state index contributed by atoms with van der Waals surface area (Å²) < 4.78 is 31.4. The van der Waals surface area contributed by atoms with E-state index in [9.17, 15) is 9.18 Å². The third-order valence-corrected chi connectivity index (χ3v) is 6.00. The van der Waals surface area contributed by atoms with Crippen LogP contribution in [-0.2, 0) is 11.3 Å². The van der Waals surface area contributed by atoms with Crippen molar-refractivity contribution in [2.75, 3.05) is 53.1 Å². The Hall–Kier alpha value is -2.94. The van der Waals surface area contributed by atoms with Gasteiger partial charge in [0.05, 0.1) is 43.4 Å². The maximum atomic E-state index is 14.9. The molecule has 3 aromatic rings. The molecule has 0 aliphatic carbocycles. The van der Waals surface area contributed by atoms with Crippen molar-refractivity contribution in [2.24, 2.45) is 0 Å². The summed E-state index contributed by atoms with van der Waals surface area (Å²) in [5.41, 5.74) is 1.87. The number of hydrogen-bond acceptors (Lipinski definition) is 6. The van der Waals surface area contributed by atoms with Crippen LogP contribution in [0.3, 0.4) is 0 Å². The van der Waals surface area contributed by atoms with Crippen molar-refractivity contribution in [3.63, 3.8) is 0 Å². The van der Waals surface area contributed by atoms with E-state index in [0.717, 1.165) is 45.8 Å². The minimum absolute atomic E-state index is 0.0106. The molecule has 1 aromatic heterocycles. The zero-order valence-electron chi connectivity index (χ0n) is 19.8. The van der Waals surface area contributed by atoms with E-state index in [4.69, 9.17) is 14.2 Å². The molecular weight excluding hydrogens is 437 g/mol. The van der Waals surface area contributed by atoms with Gasteiger partial charge >= 0.3 is 0 Å². The standard InChI is InChI=1S/C26H32FN3O4/c1-3-14-34-22-9-8-20(27)24-25(22)29-21(17-28-10-11-30-12-15-33-16-13-30)23(26(24)31)18-4-6-19(32-2)7-5-18/h4-9,28H,3,10-17H2,1-2H3,(H,29,31). The second-order valence-electron chi connectivity index (χ2n) is 8.31. The highest BCUT2D eigenvalue weighted by Crippen LogP contribution is 2.30. The number of ether oxygens (including phenoxy) is 3. The molecule has 8 heteroatoms. The van der Waals surface area contributed by atoms with Gasteiger partial charge in [-0.1, -0.05) is 19.1 Å². The van der Waals surface area contributed by atoms with Crippen molar-refractivity contribution >= 4 is 10.9 Å². The van der Waals surface area contributed by atoms with Crippen molar-refractivity contribution < 1.29 is 18.6 Å². The number of H-pyrrole nitrogens is 1. The highest BCUT2D eigenvalue weighted by atomic mass is 19.1. The molecule has 1 fully saturated rings. The van der Waals surface area contributed by atoms with E-state index in [1.54, 1.807) is 25.3 Å². The van der Waals surface area contributed by atoms with Gasteiger partial charge in [0.25, 0.3) is 0 Å². The molecule has 0 saturated carbocycles. The number of benzene rings is 2. The van der Waals surface area contributed by atoms with Crippen LogP contribution in [0.4, 0.5) is 4.39 Å².